The van der Waals surface area contributed by atoms with Gasteiger partial charge in [0.15, 0.2) is 0 Å². The Labute approximate surface area is 125 Å². The first kappa shape index (κ1) is 15.7. The molecule has 0 heterocycles. The maximum atomic E-state index is 11.4. The fourth-order valence-corrected chi connectivity index (χ4v) is 1.87. The molecule has 19 heavy (non-hydrogen) atoms. The molecule has 104 valence electrons. The predicted molar refractivity (Wildman–Crippen MR) is 79.5 cm³/mol. The highest BCUT2D eigenvalue weighted by Gasteiger charge is 2.08. The average Bonchev–Trinajstić information content (AvgIpc) is 2.35. The molecule has 0 fully saturated rings. The van der Waals surface area contributed by atoms with Crippen molar-refractivity contribution in [2.24, 2.45) is 0 Å². The van der Waals surface area contributed by atoms with Gasteiger partial charge in [-0.3, -0.25) is 4.79 Å². The lowest BCUT2D eigenvalue weighted by molar-refractivity contribution is -0.128. The fraction of sp³-hybridized carbons (Fsp3) is 0.385. The number of carboxylic acids is 1. The second kappa shape index (κ2) is 7.32. The minimum absolute atomic E-state index is 0.0533. The summed E-state index contributed by atoms with van der Waals surface area (Å²) in [4.78, 5) is 23.7. The number of hydrogen-bond donors (Lipinski definition) is 1. The van der Waals surface area contributed by atoms with Crippen LogP contribution in [0.3, 0.4) is 0 Å². The van der Waals surface area contributed by atoms with E-state index >= 15 is 0 Å². The average molecular weight is 377 g/mol. The summed E-state index contributed by atoms with van der Waals surface area (Å²) < 4.78 is 6.36. The Morgan fingerprint density at radius 2 is 2.05 bits per heavy atom. The number of ether oxygens (including phenoxy) is 1. The standard InChI is InChI=1S/C13H16INO4/c1-15(2)12(16)4-3-7-19-11-8-9(13(17)18)5-6-10(11)14/h5-6,8H,3-4,7H2,1-2H3,(H,17,18). The second-order valence-electron chi connectivity index (χ2n) is 4.19. The van der Waals surface area contributed by atoms with Crippen molar-refractivity contribution in [3.05, 3.63) is 27.3 Å². The summed E-state index contributed by atoms with van der Waals surface area (Å²) in [6, 6.07) is 4.73. The molecule has 0 aromatic heterocycles. The van der Waals surface area contributed by atoms with Gasteiger partial charge < -0.3 is 14.7 Å². The molecule has 0 saturated carbocycles. The van der Waals surface area contributed by atoms with Crippen LogP contribution in [-0.4, -0.2) is 42.6 Å². The van der Waals surface area contributed by atoms with E-state index < -0.39 is 5.97 Å². The second-order valence-corrected chi connectivity index (χ2v) is 5.35. The van der Waals surface area contributed by atoms with E-state index in [1.54, 1.807) is 20.2 Å². The van der Waals surface area contributed by atoms with Gasteiger partial charge in [-0.25, -0.2) is 4.79 Å². The first-order valence-corrected chi connectivity index (χ1v) is 6.85. The molecule has 1 N–H and O–H groups in total. The SMILES string of the molecule is CN(C)C(=O)CCCOc1cc(C(=O)O)ccc1I. The van der Waals surface area contributed by atoms with E-state index in [9.17, 15) is 9.59 Å². The van der Waals surface area contributed by atoms with Gasteiger partial charge in [-0.05, 0) is 47.2 Å². The summed E-state index contributed by atoms with van der Waals surface area (Å²) in [6.07, 6.45) is 1.02. The molecule has 1 amide bonds. The van der Waals surface area contributed by atoms with Crippen LogP contribution in [0.15, 0.2) is 18.2 Å². The van der Waals surface area contributed by atoms with Crippen molar-refractivity contribution >= 4 is 34.5 Å². The lowest BCUT2D eigenvalue weighted by Gasteiger charge is -2.11. The Balaban J connectivity index is 2.51. The minimum atomic E-state index is -0.982. The molecule has 6 heteroatoms. The molecule has 0 unspecified atom stereocenters. The van der Waals surface area contributed by atoms with Crippen molar-refractivity contribution in [2.45, 2.75) is 12.8 Å². The Bertz CT molecular complexity index is 474. The zero-order valence-corrected chi connectivity index (χ0v) is 13.0. The number of carbonyl (C=O) groups excluding carboxylic acids is 1. The number of benzene rings is 1. The quantitative estimate of drug-likeness (QED) is 0.610. The topological polar surface area (TPSA) is 66.8 Å². The third kappa shape index (κ3) is 5.06. The summed E-state index contributed by atoms with van der Waals surface area (Å²) in [5, 5.41) is 8.90. The summed E-state index contributed by atoms with van der Waals surface area (Å²) in [6.45, 7) is 0.388. The molecule has 0 saturated heterocycles. The third-order valence-electron chi connectivity index (χ3n) is 2.47. The highest BCUT2D eigenvalue weighted by molar-refractivity contribution is 14.1. The molecule has 0 atom stereocenters. The third-order valence-corrected chi connectivity index (χ3v) is 3.36. The highest BCUT2D eigenvalue weighted by atomic mass is 127. The number of nitrogens with zero attached hydrogens (tertiary/aromatic N) is 1. The van der Waals surface area contributed by atoms with Crippen LogP contribution >= 0.6 is 22.6 Å². The smallest absolute Gasteiger partial charge is 0.335 e. The Morgan fingerprint density at radius 1 is 1.37 bits per heavy atom. The van der Waals surface area contributed by atoms with Gasteiger partial charge in [-0.15, -0.1) is 0 Å². The molecule has 1 aromatic carbocycles. The van der Waals surface area contributed by atoms with Crippen LogP contribution in [0.5, 0.6) is 5.75 Å². The van der Waals surface area contributed by atoms with E-state index in [1.165, 1.54) is 17.0 Å². The van der Waals surface area contributed by atoms with Gasteiger partial charge >= 0.3 is 5.97 Å². The minimum Gasteiger partial charge on any atom is -0.492 e. The number of carbonyl (C=O) groups is 2. The molecule has 0 bridgehead atoms. The van der Waals surface area contributed by atoms with Crippen LogP contribution < -0.4 is 4.74 Å². The van der Waals surface area contributed by atoms with Crippen LogP contribution in [0.25, 0.3) is 0 Å². The van der Waals surface area contributed by atoms with E-state index in [4.69, 9.17) is 9.84 Å². The van der Waals surface area contributed by atoms with Crippen molar-refractivity contribution in [3.8, 4) is 5.75 Å². The molecular formula is C13H16INO4. The number of halogens is 1. The zero-order chi connectivity index (χ0) is 14.4. The van der Waals surface area contributed by atoms with Gasteiger partial charge in [-0.1, -0.05) is 0 Å². The molecule has 1 rings (SSSR count). The largest absolute Gasteiger partial charge is 0.492 e. The van der Waals surface area contributed by atoms with E-state index in [0.717, 1.165) is 3.57 Å². The molecule has 1 aromatic rings. The van der Waals surface area contributed by atoms with Crippen molar-refractivity contribution in [1.29, 1.82) is 0 Å². The number of aromatic carboxylic acids is 1. The van der Waals surface area contributed by atoms with Crippen molar-refractivity contribution in [1.82, 2.24) is 4.90 Å². The van der Waals surface area contributed by atoms with Crippen molar-refractivity contribution < 1.29 is 19.4 Å². The summed E-state index contributed by atoms with van der Waals surface area (Å²) in [7, 11) is 3.42. The van der Waals surface area contributed by atoms with Gasteiger partial charge in [0.05, 0.1) is 15.7 Å². The van der Waals surface area contributed by atoms with E-state index in [2.05, 4.69) is 22.6 Å². The van der Waals surface area contributed by atoms with Crippen LogP contribution in [0.1, 0.15) is 23.2 Å². The van der Waals surface area contributed by atoms with E-state index in [-0.39, 0.29) is 11.5 Å². The lowest BCUT2D eigenvalue weighted by Crippen LogP contribution is -2.21. The molecule has 0 spiro atoms. The highest BCUT2D eigenvalue weighted by Crippen LogP contribution is 2.22. The lowest BCUT2D eigenvalue weighted by atomic mass is 10.2. The Kier molecular flexibility index (Phi) is 6.07. The normalized spacial score (nSPS) is 10.1. The predicted octanol–water partition coefficient (Wildman–Crippen LogP) is 2.24. The number of hydrogen-bond acceptors (Lipinski definition) is 3. The van der Waals surface area contributed by atoms with Crippen LogP contribution in [-0.2, 0) is 4.79 Å². The fourth-order valence-electron chi connectivity index (χ4n) is 1.38. The van der Waals surface area contributed by atoms with Gasteiger partial charge in [0, 0.05) is 20.5 Å². The monoisotopic (exact) mass is 377 g/mol. The maximum absolute atomic E-state index is 11.4. The van der Waals surface area contributed by atoms with E-state index in [1.807, 2.05) is 0 Å². The summed E-state index contributed by atoms with van der Waals surface area (Å²) in [5.41, 5.74) is 0.194. The molecular weight excluding hydrogens is 361 g/mol. The van der Waals surface area contributed by atoms with E-state index in [0.29, 0.717) is 25.2 Å². The first-order valence-electron chi connectivity index (χ1n) is 5.77. The number of amides is 1. The van der Waals surface area contributed by atoms with Gasteiger partial charge in [0.25, 0.3) is 0 Å². The molecule has 0 aliphatic rings. The molecule has 0 aliphatic heterocycles. The molecule has 0 radical (unpaired) electrons. The summed E-state index contributed by atoms with van der Waals surface area (Å²) in [5.74, 6) is -0.389. The Morgan fingerprint density at radius 3 is 2.63 bits per heavy atom. The van der Waals surface area contributed by atoms with Crippen LogP contribution in [0.4, 0.5) is 0 Å². The van der Waals surface area contributed by atoms with Crippen molar-refractivity contribution in [3.63, 3.8) is 0 Å². The maximum Gasteiger partial charge on any atom is 0.335 e. The zero-order valence-electron chi connectivity index (χ0n) is 10.9. The first-order chi connectivity index (χ1) is 8.91. The van der Waals surface area contributed by atoms with Crippen LogP contribution in [0.2, 0.25) is 0 Å². The Hall–Kier alpha value is -1.31. The number of rotatable bonds is 6. The van der Waals surface area contributed by atoms with Crippen molar-refractivity contribution in [2.75, 3.05) is 20.7 Å². The van der Waals surface area contributed by atoms with Gasteiger partial charge in [0.2, 0.25) is 5.91 Å². The molecule has 5 nitrogen and oxygen atoms in total. The number of carboxylic acid groups (broad SMARTS) is 1. The van der Waals surface area contributed by atoms with Gasteiger partial charge in [0.1, 0.15) is 5.75 Å². The van der Waals surface area contributed by atoms with Gasteiger partial charge in [-0.2, -0.15) is 0 Å². The molecule has 0 aliphatic carbocycles. The van der Waals surface area contributed by atoms with Crippen LogP contribution in [0, 0.1) is 3.57 Å². The summed E-state index contributed by atoms with van der Waals surface area (Å²) >= 11 is 2.08.